The number of hydrogen-bond acceptors (Lipinski definition) is 6. The van der Waals surface area contributed by atoms with Crippen LogP contribution in [0.5, 0.6) is 0 Å². The highest BCUT2D eigenvalue weighted by Gasteiger charge is 2.15. The lowest BCUT2D eigenvalue weighted by Gasteiger charge is -2.07. The molecule has 82 valence electrons. The molecular weight excluding hydrogens is 216 g/mol. The number of thioether (sulfide) groups is 1. The number of nitrogens with two attached hydrogens (primary N) is 1. The van der Waals surface area contributed by atoms with Gasteiger partial charge in [0.05, 0.1) is 11.4 Å². The molecular formula is C8H12N4O2S. The van der Waals surface area contributed by atoms with E-state index in [1.54, 1.807) is 6.92 Å². The van der Waals surface area contributed by atoms with Crippen LogP contribution in [-0.4, -0.2) is 38.6 Å². The van der Waals surface area contributed by atoms with Gasteiger partial charge in [0.25, 0.3) is 0 Å². The summed E-state index contributed by atoms with van der Waals surface area (Å²) in [5, 5.41) is 16.9. The van der Waals surface area contributed by atoms with Crippen molar-refractivity contribution in [3.8, 4) is 0 Å². The molecule has 0 fully saturated rings. The second-order valence-corrected chi connectivity index (χ2v) is 3.75. The average Bonchev–Trinajstić information content (AvgIpc) is 2.20. The largest absolute Gasteiger partial charge is 0.480 e. The molecule has 3 N–H and O–H groups in total. The van der Waals surface area contributed by atoms with E-state index in [9.17, 15) is 4.79 Å². The van der Waals surface area contributed by atoms with E-state index in [1.807, 2.05) is 6.26 Å². The molecule has 1 rings (SSSR count). The summed E-state index contributed by atoms with van der Waals surface area (Å²) in [5.41, 5.74) is 6.59. The second-order valence-electron chi connectivity index (χ2n) is 2.98. The van der Waals surface area contributed by atoms with Gasteiger partial charge in [-0.15, -0.1) is 5.10 Å². The number of carboxylic acids is 1. The van der Waals surface area contributed by atoms with Crippen molar-refractivity contribution in [2.45, 2.75) is 24.5 Å². The Balaban J connectivity index is 2.82. The Bertz CT molecular complexity index is 372. The van der Waals surface area contributed by atoms with E-state index in [0.29, 0.717) is 16.5 Å². The monoisotopic (exact) mass is 228 g/mol. The van der Waals surface area contributed by atoms with Crippen LogP contribution >= 0.6 is 11.8 Å². The number of aliphatic carboxylic acids is 1. The highest BCUT2D eigenvalue weighted by Crippen LogP contribution is 2.09. The quantitative estimate of drug-likeness (QED) is 0.691. The van der Waals surface area contributed by atoms with Crippen LogP contribution in [0.3, 0.4) is 0 Å². The van der Waals surface area contributed by atoms with Crippen molar-refractivity contribution < 1.29 is 9.90 Å². The molecule has 0 aliphatic rings. The maximum Gasteiger partial charge on any atom is 0.320 e. The number of rotatable bonds is 4. The van der Waals surface area contributed by atoms with Gasteiger partial charge in [0, 0.05) is 6.42 Å². The Morgan fingerprint density at radius 1 is 1.60 bits per heavy atom. The van der Waals surface area contributed by atoms with Crippen molar-refractivity contribution in [3.63, 3.8) is 0 Å². The van der Waals surface area contributed by atoms with E-state index in [2.05, 4.69) is 15.2 Å². The van der Waals surface area contributed by atoms with Crippen molar-refractivity contribution in [1.29, 1.82) is 0 Å². The molecule has 1 atom stereocenters. The molecule has 0 amide bonds. The van der Waals surface area contributed by atoms with Gasteiger partial charge in [-0.1, -0.05) is 11.8 Å². The minimum atomic E-state index is -1.05. The lowest BCUT2D eigenvalue weighted by atomic mass is 10.1. The Hall–Kier alpha value is -1.21. The van der Waals surface area contributed by atoms with Crippen LogP contribution < -0.4 is 5.73 Å². The van der Waals surface area contributed by atoms with Gasteiger partial charge in [0.1, 0.15) is 6.04 Å². The highest BCUT2D eigenvalue weighted by atomic mass is 32.2. The van der Waals surface area contributed by atoms with Crippen LogP contribution in [0, 0.1) is 6.92 Å². The Kier molecular flexibility index (Phi) is 3.98. The molecule has 0 aliphatic heterocycles. The molecule has 1 heterocycles. The van der Waals surface area contributed by atoms with Gasteiger partial charge in [-0.25, -0.2) is 4.98 Å². The van der Waals surface area contributed by atoms with Gasteiger partial charge in [0.15, 0.2) is 0 Å². The lowest BCUT2D eigenvalue weighted by Crippen LogP contribution is -2.33. The third-order valence-corrected chi connectivity index (χ3v) is 2.39. The molecule has 7 heteroatoms. The van der Waals surface area contributed by atoms with E-state index >= 15 is 0 Å². The zero-order chi connectivity index (χ0) is 11.4. The molecule has 0 radical (unpaired) electrons. The van der Waals surface area contributed by atoms with Crippen LogP contribution in [-0.2, 0) is 11.2 Å². The number of nitrogens with zero attached hydrogens (tertiary/aromatic N) is 3. The third-order valence-electron chi connectivity index (χ3n) is 1.85. The minimum absolute atomic E-state index is 0.149. The molecule has 0 spiro atoms. The lowest BCUT2D eigenvalue weighted by molar-refractivity contribution is -0.138. The smallest absolute Gasteiger partial charge is 0.320 e. The van der Waals surface area contributed by atoms with Crippen molar-refractivity contribution in [2.75, 3.05) is 6.26 Å². The molecule has 6 nitrogen and oxygen atoms in total. The zero-order valence-corrected chi connectivity index (χ0v) is 9.28. The summed E-state index contributed by atoms with van der Waals surface area (Å²) in [6.45, 7) is 1.76. The summed E-state index contributed by atoms with van der Waals surface area (Å²) in [6.07, 6.45) is 1.99. The maximum absolute atomic E-state index is 10.5. The normalized spacial score (nSPS) is 12.5. The third kappa shape index (κ3) is 3.14. The van der Waals surface area contributed by atoms with E-state index in [4.69, 9.17) is 10.8 Å². The second kappa shape index (κ2) is 5.04. The Morgan fingerprint density at radius 3 is 2.73 bits per heavy atom. The highest BCUT2D eigenvalue weighted by molar-refractivity contribution is 7.98. The van der Waals surface area contributed by atoms with Crippen molar-refractivity contribution in [2.24, 2.45) is 5.73 Å². The first-order valence-electron chi connectivity index (χ1n) is 4.27. The predicted molar refractivity (Wildman–Crippen MR) is 55.7 cm³/mol. The average molecular weight is 228 g/mol. The van der Waals surface area contributed by atoms with E-state index in [1.165, 1.54) is 11.8 Å². The van der Waals surface area contributed by atoms with Crippen molar-refractivity contribution in [1.82, 2.24) is 15.2 Å². The van der Waals surface area contributed by atoms with E-state index in [-0.39, 0.29) is 6.42 Å². The summed E-state index contributed by atoms with van der Waals surface area (Å²) < 4.78 is 0. The van der Waals surface area contributed by atoms with Crippen LogP contribution in [0.4, 0.5) is 0 Å². The summed E-state index contributed by atoms with van der Waals surface area (Å²) in [5.74, 6) is -1.05. The first-order valence-corrected chi connectivity index (χ1v) is 5.49. The number of aryl methyl sites for hydroxylation is 1. The van der Waals surface area contributed by atoms with Crippen molar-refractivity contribution >= 4 is 17.7 Å². The molecule has 1 unspecified atom stereocenters. The number of carbonyl (C=O) groups is 1. The van der Waals surface area contributed by atoms with E-state index in [0.717, 1.165) is 0 Å². The SMILES string of the molecule is CSc1nnc(CC(N)C(=O)O)c(C)n1. The van der Waals surface area contributed by atoms with E-state index < -0.39 is 12.0 Å². The number of hydrogen-bond donors (Lipinski definition) is 2. The first kappa shape index (κ1) is 11.9. The first-order chi connectivity index (χ1) is 7.04. The van der Waals surface area contributed by atoms with Crippen LogP contribution in [0.2, 0.25) is 0 Å². The molecule has 1 aromatic heterocycles. The Labute approximate surface area is 91.3 Å². The predicted octanol–water partition coefficient (Wildman–Crippen LogP) is -0.144. The molecule has 0 saturated carbocycles. The summed E-state index contributed by atoms with van der Waals surface area (Å²) in [6, 6.07) is -0.958. The van der Waals surface area contributed by atoms with Crippen molar-refractivity contribution in [3.05, 3.63) is 11.4 Å². The maximum atomic E-state index is 10.5. The number of aromatic nitrogens is 3. The topological polar surface area (TPSA) is 102 Å². The summed E-state index contributed by atoms with van der Waals surface area (Å²) in [4.78, 5) is 14.7. The molecule has 0 aromatic carbocycles. The zero-order valence-electron chi connectivity index (χ0n) is 8.47. The van der Waals surface area contributed by atoms with Gasteiger partial charge in [-0.2, -0.15) is 5.10 Å². The summed E-state index contributed by atoms with van der Waals surface area (Å²) >= 11 is 1.38. The number of carboxylic acid groups (broad SMARTS) is 1. The van der Waals surface area contributed by atoms with Crippen LogP contribution in [0.15, 0.2) is 5.16 Å². The van der Waals surface area contributed by atoms with Gasteiger partial charge < -0.3 is 10.8 Å². The molecule has 0 bridgehead atoms. The fourth-order valence-corrected chi connectivity index (χ4v) is 1.33. The van der Waals surface area contributed by atoms with Gasteiger partial charge in [-0.05, 0) is 13.2 Å². The molecule has 15 heavy (non-hydrogen) atoms. The molecule has 1 aromatic rings. The van der Waals surface area contributed by atoms with Gasteiger partial charge in [-0.3, -0.25) is 4.79 Å². The minimum Gasteiger partial charge on any atom is -0.480 e. The standard InChI is InChI=1S/C8H12N4O2S/c1-4-6(3-5(9)7(13)14)11-12-8(10-4)15-2/h5H,3,9H2,1-2H3,(H,13,14). The molecule has 0 aliphatic carbocycles. The van der Waals surface area contributed by atoms with Gasteiger partial charge >= 0.3 is 5.97 Å². The van der Waals surface area contributed by atoms with Gasteiger partial charge in [0.2, 0.25) is 5.16 Å². The fraction of sp³-hybridized carbons (Fsp3) is 0.500. The summed E-state index contributed by atoms with van der Waals surface area (Å²) in [7, 11) is 0. The van der Waals surface area contributed by atoms with Crippen LogP contribution in [0.25, 0.3) is 0 Å². The fourth-order valence-electron chi connectivity index (χ4n) is 0.976. The molecule has 0 saturated heterocycles. The Morgan fingerprint density at radius 2 is 2.27 bits per heavy atom. The van der Waals surface area contributed by atoms with Crippen LogP contribution in [0.1, 0.15) is 11.4 Å².